The molecule has 4 heteroatoms. The van der Waals surface area contributed by atoms with Gasteiger partial charge in [0.05, 0.1) is 12.8 Å². The largest absolute Gasteiger partial charge is 0.497 e. The van der Waals surface area contributed by atoms with Gasteiger partial charge in [-0.05, 0) is 25.1 Å². The average molecular weight is 230 g/mol. The molecular weight excluding hydrogens is 216 g/mol. The lowest BCUT2D eigenvalue weighted by molar-refractivity contribution is 0.408. The normalized spacial score (nSPS) is 10.0. The van der Waals surface area contributed by atoms with E-state index in [1.165, 1.54) is 0 Å². The Morgan fingerprint density at radius 2 is 2.00 bits per heavy atom. The van der Waals surface area contributed by atoms with Gasteiger partial charge in [-0.1, -0.05) is 6.07 Å². The molecule has 0 unspecified atom stereocenters. The Morgan fingerprint density at radius 1 is 1.18 bits per heavy atom. The highest BCUT2D eigenvalue weighted by atomic mass is 16.5. The van der Waals surface area contributed by atoms with Crippen LogP contribution in [-0.4, -0.2) is 12.1 Å². The van der Waals surface area contributed by atoms with Crippen LogP contribution in [-0.2, 0) is 0 Å². The summed E-state index contributed by atoms with van der Waals surface area (Å²) in [5.41, 5.74) is 7.26. The summed E-state index contributed by atoms with van der Waals surface area (Å²) in [7, 11) is 1.60. The van der Waals surface area contributed by atoms with E-state index in [2.05, 4.69) is 4.98 Å². The van der Waals surface area contributed by atoms with Crippen molar-refractivity contribution < 1.29 is 9.47 Å². The van der Waals surface area contributed by atoms with Crippen molar-refractivity contribution in [3.63, 3.8) is 0 Å². The van der Waals surface area contributed by atoms with E-state index >= 15 is 0 Å². The zero-order valence-corrected chi connectivity index (χ0v) is 9.81. The Hall–Kier alpha value is -2.23. The number of methoxy groups -OCH3 is 1. The molecule has 0 atom stereocenters. The summed E-state index contributed by atoms with van der Waals surface area (Å²) in [6.45, 7) is 1.90. The van der Waals surface area contributed by atoms with Gasteiger partial charge in [-0.2, -0.15) is 0 Å². The number of rotatable bonds is 3. The van der Waals surface area contributed by atoms with Crippen LogP contribution in [0, 0.1) is 6.92 Å². The number of hydrogen-bond donors (Lipinski definition) is 1. The fraction of sp³-hybridized carbons (Fsp3) is 0.154. The van der Waals surface area contributed by atoms with Crippen LogP contribution < -0.4 is 15.2 Å². The van der Waals surface area contributed by atoms with E-state index in [0.717, 1.165) is 5.69 Å². The van der Waals surface area contributed by atoms with E-state index in [1.807, 2.05) is 19.1 Å². The van der Waals surface area contributed by atoms with Gasteiger partial charge in [-0.3, -0.25) is 0 Å². The van der Waals surface area contributed by atoms with Gasteiger partial charge in [0.1, 0.15) is 5.75 Å². The van der Waals surface area contributed by atoms with Gasteiger partial charge in [-0.15, -0.1) is 0 Å². The highest BCUT2D eigenvalue weighted by Gasteiger charge is 2.05. The molecule has 1 aromatic heterocycles. The minimum atomic E-state index is 0.518. The number of nitrogens with two attached hydrogens (primary N) is 1. The summed E-state index contributed by atoms with van der Waals surface area (Å²) in [6.07, 6.45) is 0. The summed E-state index contributed by atoms with van der Waals surface area (Å²) in [6, 6.07) is 10.8. The first-order valence-corrected chi connectivity index (χ1v) is 5.24. The first kappa shape index (κ1) is 11.3. The summed E-state index contributed by atoms with van der Waals surface area (Å²) in [4.78, 5) is 4.25. The van der Waals surface area contributed by atoms with Gasteiger partial charge < -0.3 is 15.2 Å². The zero-order valence-electron chi connectivity index (χ0n) is 9.81. The lowest BCUT2D eigenvalue weighted by Gasteiger charge is -2.09. The molecule has 0 bridgehead atoms. The molecule has 0 spiro atoms. The number of nitrogens with zero attached hydrogens (tertiary/aromatic N) is 1. The molecular formula is C13H14N2O2. The first-order valence-electron chi connectivity index (χ1n) is 5.24. The maximum atomic E-state index is 5.82. The topological polar surface area (TPSA) is 57.4 Å². The van der Waals surface area contributed by atoms with E-state index < -0.39 is 0 Å². The summed E-state index contributed by atoms with van der Waals surface area (Å²) in [5, 5.41) is 0. The molecule has 0 amide bonds. The number of benzene rings is 1. The zero-order chi connectivity index (χ0) is 12.3. The number of aryl methyl sites for hydroxylation is 1. The molecule has 17 heavy (non-hydrogen) atoms. The Labute approximate surface area is 100 Å². The van der Waals surface area contributed by atoms with E-state index in [4.69, 9.17) is 15.2 Å². The molecule has 2 rings (SSSR count). The van der Waals surface area contributed by atoms with Crippen LogP contribution in [0.25, 0.3) is 0 Å². The second-order valence-electron chi connectivity index (χ2n) is 3.62. The summed E-state index contributed by atoms with van der Waals surface area (Å²) < 4.78 is 10.7. The number of anilines is 1. The van der Waals surface area contributed by atoms with Gasteiger partial charge in [0.25, 0.3) is 0 Å². The minimum Gasteiger partial charge on any atom is -0.497 e. The second-order valence-corrected chi connectivity index (χ2v) is 3.62. The molecule has 0 radical (unpaired) electrons. The SMILES string of the molecule is COc1ccc(N)c(Oc2cccc(C)n2)c1. The Kier molecular flexibility index (Phi) is 3.14. The molecule has 2 N–H and O–H groups in total. The third-order valence-corrected chi connectivity index (χ3v) is 2.30. The minimum absolute atomic E-state index is 0.518. The molecule has 0 aliphatic heterocycles. The lowest BCUT2D eigenvalue weighted by atomic mass is 10.3. The molecule has 0 saturated heterocycles. The van der Waals surface area contributed by atoms with Crippen LogP contribution in [0.1, 0.15) is 5.69 Å². The molecule has 0 fully saturated rings. The van der Waals surface area contributed by atoms with E-state index in [9.17, 15) is 0 Å². The number of pyridine rings is 1. The van der Waals surface area contributed by atoms with Crippen molar-refractivity contribution in [2.24, 2.45) is 0 Å². The van der Waals surface area contributed by atoms with E-state index in [0.29, 0.717) is 23.1 Å². The molecule has 2 aromatic rings. The van der Waals surface area contributed by atoms with Crippen molar-refractivity contribution in [1.82, 2.24) is 4.98 Å². The van der Waals surface area contributed by atoms with Gasteiger partial charge in [0, 0.05) is 17.8 Å². The van der Waals surface area contributed by atoms with Crippen molar-refractivity contribution in [1.29, 1.82) is 0 Å². The van der Waals surface area contributed by atoms with Crippen LogP contribution in [0.4, 0.5) is 5.69 Å². The van der Waals surface area contributed by atoms with Crippen LogP contribution in [0.3, 0.4) is 0 Å². The number of hydrogen-bond acceptors (Lipinski definition) is 4. The number of ether oxygens (including phenoxy) is 2. The van der Waals surface area contributed by atoms with Crippen LogP contribution in [0.15, 0.2) is 36.4 Å². The Bertz CT molecular complexity index is 527. The van der Waals surface area contributed by atoms with E-state index in [-0.39, 0.29) is 0 Å². The third kappa shape index (κ3) is 2.66. The molecule has 1 aromatic carbocycles. The highest BCUT2D eigenvalue weighted by Crippen LogP contribution is 2.30. The molecule has 0 saturated carbocycles. The molecule has 0 aliphatic carbocycles. The Balaban J connectivity index is 2.29. The van der Waals surface area contributed by atoms with Gasteiger partial charge in [0.2, 0.25) is 5.88 Å². The smallest absolute Gasteiger partial charge is 0.219 e. The quantitative estimate of drug-likeness (QED) is 0.824. The maximum absolute atomic E-state index is 5.82. The van der Waals surface area contributed by atoms with Gasteiger partial charge in [0.15, 0.2) is 5.75 Å². The van der Waals surface area contributed by atoms with Crippen molar-refractivity contribution in [2.45, 2.75) is 6.92 Å². The maximum Gasteiger partial charge on any atom is 0.219 e. The predicted molar refractivity (Wildman–Crippen MR) is 66.5 cm³/mol. The summed E-state index contributed by atoms with van der Waals surface area (Å²) >= 11 is 0. The lowest BCUT2D eigenvalue weighted by Crippen LogP contribution is -1.95. The third-order valence-electron chi connectivity index (χ3n) is 2.30. The molecule has 4 nitrogen and oxygen atoms in total. The highest BCUT2D eigenvalue weighted by molar-refractivity contribution is 5.56. The van der Waals surface area contributed by atoms with Crippen LogP contribution in [0.5, 0.6) is 17.4 Å². The monoisotopic (exact) mass is 230 g/mol. The number of aromatic nitrogens is 1. The molecule has 0 aliphatic rings. The summed E-state index contributed by atoms with van der Waals surface area (Å²) in [5.74, 6) is 1.76. The molecule has 88 valence electrons. The van der Waals surface area contributed by atoms with Crippen molar-refractivity contribution >= 4 is 5.69 Å². The first-order chi connectivity index (χ1) is 8.19. The van der Waals surface area contributed by atoms with Crippen molar-refractivity contribution in [3.8, 4) is 17.4 Å². The fourth-order valence-corrected chi connectivity index (χ4v) is 1.42. The van der Waals surface area contributed by atoms with Crippen molar-refractivity contribution in [3.05, 3.63) is 42.1 Å². The van der Waals surface area contributed by atoms with Crippen LogP contribution in [0.2, 0.25) is 0 Å². The van der Waals surface area contributed by atoms with E-state index in [1.54, 1.807) is 31.4 Å². The number of nitrogen functional groups attached to an aromatic ring is 1. The molecule has 1 heterocycles. The average Bonchev–Trinajstić information content (AvgIpc) is 2.32. The van der Waals surface area contributed by atoms with Crippen molar-refractivity contribution in [2.75, 3.05) is 12.8 Å². The second kappa shape index (κ2) is 4.74. The Morgan fingerprint density at radius 3 is 2.71 bits per heavy atom. The van der Waals surface area contributed by atoms with Gasteiger partial charge in [-0.25, -0.2) is 4.98 Å². The standard InChI is InChI=1S/C13H14N2O2/c1-9-4-3-5-13(15-9)17-12-8-10(16-2)6-7-11(12)14/h3-8H,14H2,1-2H3. The predicted octanol–water partition coefficient (Wildman–Crippen LogP) is 2.77. The van der Waals surface area contributed by atoms with Gasteiger partial charge >= 0.3 is 0 Å². The van der Waals surface area contributed by atoms with Crippen LogP contribution >= 0.6 is 0 Å². The fourth-order valence-electron chi connectivity index (χ4n) is 1.42.